The zero-order chi connectivity index (χ0) is 27.6. The summed E-state index contributed by atoms with van der Waals surface area (Å²) in [7, 11) is 2.14. The van der Waals surface area contributed by atoms with E-state index in [0.717, 1.165) is 56.1 Å². The Hall–Kier alpha value is -3.26. The molecule has 3 N–H and O–H groups in total. The maximum absolute atomic E-state index is 13.0. The van der Waals surface area contributed by atoms with Crippen molar-refractivity contribution in [2.24, 2.45) is 5.92 Å². The van der Waals surface area contributed by atoms with Gasteiger partial charge >= 0.3 is 0 Å². The maximum Gasteiger partial charge on any atom is 0.251 e. The Morgan fingerprint density at radius 3 is 2.23 bits per heavy atom. The quantitative estimate of drug-likeness (QED) is 0.355. The Kier molecular flexibility index (Phi) is 10.5. The molecule has 4 rings (SSSR count). The highest BCUT2D eigenvalue weighted by atomic mass is 16.5. The van der Waals surface area contributed by atoms with Crippen LogP contribution in [0.5, 0.6) is 5.75 Å². The topological polar surface area (TPSA) is 85.9 Å². The second-order valence-corrected chi connectivity index (χ2v) is 11.3. The van der Waals surface area contributed by atoms with Gasteiger partial charge in [0, 0.05) is 56.2 Å². The minimum absolute atomic E-state index is 0.159. The van der Waals surface area contributed by atoms with Crippen molar-refractivity contribution in [2.45, 2.75) is 58.1 Å². The van der Waals surface area contributed by atoms with E-state index >= 15 is 0 Å². The minimum Gasteiger partial charge on any atom is -0.490 e. The second kappa shape index (κ2) is 14.2. The maximum atomic E-state index is 13.0. The highest BCUT2D eigenvalue weighted by Gasteiger charge is 2.23. The number of nitrogens with zero attached hydrogens (tertiary/aromatic N) is 2. The van der Waals surface area contributed by atoms with Gasteiger partial charge in [-0.3, -0.25) is 9.59 Å². The molecule has 0 bridgehead atoms. The number of piperazine rings is 1. The van der Waals surface area contributed by atoms with Gasteiger partial charge < -0.3 is 30.5 Å². The van der Waals surface area contributed by atoms with Gasteiger partial charge in [-0.25, -0.2) is 0 Å². The summed E-state index contributed by atoms with van der Waals surface area (Å²) in [6, 6.07) is 15.1. The number of hydrogen-bond acceptors (Lipinski definition) is 6. The van der Waals surface area contributed by atoms with E-state index in [0.29, 0.717) is 31.2 Å². The van der Waals surface area contributed by atoms with E-state index in [1.165, 1.54) is 12.8 Å². The van der Waals surface area contributed by atoms with Crippen LogP contribution in [0.4, 0.5) is 11.4 Å². The number of hydrogen-bond donors (Lipinski definition) is 3. The van der Waals surface area contributed by atoms with Crippen molar-refractivity contribution in [3.8, 4) is 5.75 Å². The number of anilines is 2. The zero-order valence-electron chi connectivity index (χ0n) is 23.7. The van der Waals surface area contributed by atoms with Gasteiger partial charge in [-0.05, 0) is 93.6 Å². The van der Waals surface area contributed by atoms with Crippen molar-refractivity contribution in [1.82, 2.24) is 15.5 Å². The predicted octanol–water partition coefficient (Wildman–Crippen LogP) is 4.13. The molecule has 2 amide bonds. The zero-order valence-corrected chi connectivity index (χ0v) is 23.7. The average Bonchev–Trinajstić information content (AvgIpc) is 3.45. The van der Waals surface area contributed by atoms with Crippen LogP contribution in [-0.4, -0.2) is 75.2 Å². The highest BCUT2D eigenvalue weighted by Crippen LogP contribution is 2.25. The number of amides is 2. The van der Waals surface area contributed by atoms with E-state index in [1.807, 2.05) is 48.5 Å². The summed E-state index contributed by atoms with van der Waals surface area (Å²) in [5.74, 6) is 0.790. The van der Waals surface area contributed by atoms with Crippen molar-refractivity contribution in [1.29, 1.82) is 0 Å². The number of nitrogens with one attached hydrogen (secondary N) is 3. The lowest BCUT2D eigenvalue weighted by atomic mass is 10.0. The summed E-state index contributed by atoms with van der Waals surface area (Å²) >= 11 is 0. The fraction of sp³-hybridized carbons (Fsp3) is 0.548. The van der Waals surface area contributed by atoms with Crippen LogP contribution in [-0.2, 0) is 4.79 Å². The third-order valence-electron chi connectivity index (χ3n) is 7.54. The molecule has 39 heavy (non-hydrogen) atoms. The van der Waals surface area contributed by atoms with Gasteiger partial charge in [-0.2, -0.15) is 0 Å². The molecule has 1 saturated carbocycles. The molecule has 1 saturated heterocycles. The van der Waals surface area contributed by atoms with Crippen molar-refractivity contribution in [3.05, 3.63) is 54.1 Å². The largest absolute Gasteiger partial charge is 0.490 e. The fourth-order valence-electron chi connectivity index (χ4n) is 5.20. The smallest absolute Gasteiger partial charge is 0.251 e. The first kappa shape index (κ1) is 28.7. The van der Waals surface area contributed by atoms with Crippen LogP contribution < -0.4 is 25.6 Å². The van der Waals surface area contributed by atoms with E-state index in [9.17, 15) is 9.59 Å². The van der Waals surface area contributed by atoms with Crippen LogP contribution >= 0.6 is 0 Å². The third-order valence-corrected chi connectivity index (χ3v) is 7.54. The van der Waals surface area contributed by atoms with E-state index in [2.05, 4.69) is 46.6 Å². The van der Waals surface area contributed by atoms with Gasteiger partial charge in [0.2, 0.25) is 5.91 Å². The molecule has 8 heteroatoms. The first-order valence-corrected chi connectivity index (χ1v) is 14.5. The molecular weight excluding hydrogens is 490 g/mol. The summed E-state index contributed by atoms with van der Waals surface area (Å²) in [5, 5.41) is 9.27. The number of carbonyl (C=O) groups is 2. The van der Waals surface area contributed by atoms with E-state index < -0.39 is 6.04 Å². The molecule has 2 aromatic carbocycles. The standard InChI is InChI=1S/C31H45N5O3/c1-23(2)22-29(34-30(37)24-8-12-26(13-9-24)36-20-18-35(3)19-21-36)31(38)33-17-16-32-25-10-14-28(15-11-25)39-27-6-4-5-7-27/h8-15,23,27,29,32H,4-7,16-22H2,1-3H3,(H,33,38)(H,34,37). The molecule has 212 valence electrons. The Balaban J connectivity index is 1.22. The monoisotopic (exact) mass is 535 g/mol. The average molecular weight is 536 g/mol. The van der Waals surface area contributed by atoms with Gasteiger partial charge in [0.1, 0.15) is 11.8 Å². The molecule has 1 atom stereocenters. The molecule has 0 radical (unpaired) electrons. The van der Waals surface area contributed by atoms with Crippen LogP contribution in [0.3, 0.4) is 0 Å². The Morgan fingerprint density at radius 2 is 1.59 bits per heavy atom. The molecule has 1 aliphatic carbocycles. The number of carbonyl (C=O) groups excluding carboxylic acids is 2. The van der Waals surface area contributed by atoms with Crippen LogP contribution in [0, 0.1) is 5.92 Å². The molecule has 8 nitrogen and oxygen atoms in total. The molecule has 2 fully saturated rings. The molecule has 1 unspecified atom stereocenters. The number of rotatable bonds is 12. The number of ether oxygens (including phenoxy) is 1. The first-order chi connectivity index (χ1) is 18.9. The van der Waals surface area contributed by atoms with E-state index in [4.69, 9.17) is 4.74 Å². The minimum atomic E-state index is -0.582. The van der Waals surface area contributed by atoms with Crippen LogP contribution in [0.15, 0.2) is 48.5 Å². The van der Waals surface area contributed by atoms with Crippen LogP contribution in [0.1, 0.15) is 56.3 Å². The molecule has 1 aliphatic heterocycles. The summed E-state index contributed by atoms with van der Waals surface area (Å²) < 4.78 is 6.02. The summed E-state index contributed by atoms with van der Waals surface area (Å²) in [4.78, 5) is 30.6. The number of likely N-dealkylation sites (N-methyl/N-ethyl adjacent to an activating group) is 1. The Labute approximate surface area is 233 Å². The molecule has 0 spiro atoms. The lowest BCUT2D eigenvalue weighted by Crippen LogP contribution is -2.48. The van der Waals surface area contributed by atoms with Crippen LogP contribution in [0.25, 0.3) is 0 Å². The molecule has 2 aliphatic rings. The van der Waals surface area contributed by atoms with Gasteiger partial charge in [-0.1, -0.05) is 13.8 Å². The van der Waals surface area contributed by atoms with Gasteiger partial charge in [0.05, 0.1) is 6.10 Å². The first-order valence-electron chi connectivity index (χ1n) is 14.5. The van der Waals surface area contributed by atoms with Gasteiger partial charge in [-0.15, -0.1) is 0 Å². The molecule has 0 aromatic heterocycles. The summed E-state index contributed by atoms with van der Waals surface area (Å²) in [5.41, 5.74) is 2.67. The lowest BCUT2D eigenvalue weighted by molar-refractivity contribution is -0.123. The molecule has 1 heterocycles. The van der Waals surface area contributed by atoms with E-state index in [1.54, 1.807) is 0 Å². The van der Waals surface area contributed by atoms with E-state index in [-0.39, 0.29) is 17.7 Å². The van der Waals surface area contributed by atoms with Gasteiger partial charge in [0.25, 0.3) is 5.91 Å². The Morgan fingerprint density at radius 1 is 0.923 bits per heavy atom. The predicted molar refractivity (Wildman–Crippen MR) is 158 cm³/mol. The van der Waals surface area contributed by atoms with Gasteiger partial charge in [0.15, 0.2) is 0 Å². The lowest BCUT2D eigenvalue weighted by Gasteiger charge is -2.34. The Bertz CT molecular complexity index is 1040. The SMILES string of the molecule is CC(C)CC(NC(=O)c1ccc(N2CCN(C)CC2)cc1)C(=O)NCCNc1ccc(OC2CCCC2)cc1. The molecule has 2 aromatic rings. The fourth-order valence-corrected chi connectivity index (χ4v) is 5.20. The normalized spacial score (nSPS) is 17.2. The second-order valence-electron chi connectivity index (χ2n) is 11.3. The summed E-state index contributed by atoms with van der Waals surface area (Å²) in [6.45, 7) is 9.18. The van der Waals surface area contributed by atoms with Crippen molar-refractivity contribution < 1.29 is 14.3 Å². The van der Waals surface area contributed by atoms with Crippen molar-refractivity contribution in [2.75, 3.05) is 56.5 Å². The van der Waals surface area contributed by atoms with Crippen LogP contribution in [0.2, 0.25) is 0 Å². The summed E-state index contributed by atoms with van der Waals surface area (Å²) in [6.07, 6.45) is 5.71. The molecular formula is C31H45N5O3. The number of benzene rings is 2. The highest BCUT2D eigenvalue weighted by molar-refractivity contribution is 5.97. The third kappa shape index (κ3) is 8.88. The van der Waals surface area contributed by atoms with Crippen molar-refractivity contribution in [3.63, 3.8) is 0 Å². The van der Waals surface area contributed by atoms with Crippen molar-refractivity contribution >= 4 is 23.2 Å².